The summed E-state index contributed by atoms with van der Waals surface area (Å²) in [5.74, 6) is -0.891. The lowest BCUT2D eigenvalue weighted by molar-refractivity contribution is 0.372. The van der Waals surface area contributed by atoms with Crippen molar-refractivity contribution in [2.24, 2.45) is 0 Å². The van der Waals surface area contributed by atoms with Gasteiger partial charge >= 0.3 is 0 Å². The van der Waals surface area contributed by atoms with Crippen molar-refractivity contribution in [2.75, 3.05) is 7.11 Å². The summed E-state index contributed by atoms with van der Waals surface area (Å²) >= 11 is 0. The smallest absolute Gasteiger partial charge is 0.160 e. The van der Waals surface area contributed by atoms with Crippen LogP contribution < -0.4 is 4.74 Å². The number of benzene rings is 3. The third-order valence-corrected chi connectivity index (χ3v) is 4.18. The highest BCUT2D eigenvalue weighted by atomic mass is 16.5. The molecule has 5 N–H and O–H groups in total. The number of phenolic OH excluding ortho intramolecular Hbond substituents is 5. The quantitative estimate of drug-likeness (QED) is 0.363. The van der Waals surface area contributed by atoms with Crippen LogP contribution in [0.1, 0.15) is 22.6 Å². The third kappa shape index (κ3) is 3.17. The van der Waals surface area contributed by atoms with Gasteiger partial charge in [0.1, 0.15) is 23.0 Å². The maximum absolute atomic E-state index is 10.3. The summed E-state index contributed by atoms with van der Waals surface area (Å²) in [6.45, 7) is 0. The van der Waals surface area contributed by atoms with Crippen molar-refractivity contribution in [3.8, 4) is 34.5 Å². The molecule has 0 aliphatic heterocycles. The van der Waals surface area contributed by atoms with Crippen LogP contribution in [0.15, 0.2) is 54.6 Å². The lowest BCUT2D eigenvalue weighted by atomic mass is 9.83. The Morgan fingerprint density at radius 2 is 1.15 bits per heavy atom. The maximum atomic E-state index is 10.3. The lowest BCUT2D eigenvalue weighted by Gasteiger charge is -2.22. The SMILES string of the molecule is COc1cc(C(c2cc(O)ccc2O)c2cc(O)ccc2O)ccc1O. The van der Waals surface area contributed by atoms with Crippen molar-refractivity contribution in [1.82, 2.24) is 0 Å². The summed E-state index contributed by atoms with van der Waals surface area (Å²) in [5, 5.41) is 50.2. The molecule has 3 rings (SSSR count). The van der Waals surface area contributed by atoms with E-state index >= 15 is 0 Å². The molecule has 0 aromatic heterocycles. The largest absolute Gasteiger partial charge is 0.508 e. The molecule has 0 fully saturated rings. The van der Waals surface area contributed by atoms with Crippen LogP contribution in [0.25, 0.3) is 0 Å². The predicted octanol–water partition coefficient (Wildman–Crippen LogP) is 3.40. The Hall–Kier alpha value is -3.54. The zero-order valence-electron chi connectivity index (χ0n) is 13.9. The molecule has 0 aliphatic rings. The van der Waals surface area contributed by atoms with Gasteiger partial charge in [0.05, 0.1) is 7.11 Å². The Morgan fingerprint density at radius 1 is 0.654 bits per heavy atom. The maximum Gasteiger partial charge on any atom is 0.160 e. The molecule has 0 amide bonds. The fraction of sp³-hybridized carbons (Fsp3) is 0.100. The van der Waals surface area contributed by atoms with Gasteiger partial charge in [0.2, 0.25) is 0 Å². The molecule has 0 bridgehead atoms. The van der Waals surface area contributed by atoms with Crippen LogP contribution in [0.4, 0.5) is 0 Å². The highest BCUT2D eigenvalue weighted by molar-refractivity contribution is 5.57. The summed E-state index contributed by atoms with van der Waals surface area (Å²) < 4.78 is 5.14. The number of methoxy groups -OCH3 is 1. The standard InChI is InChI=1S/C20H18O6/c1-26-19-8-11(2-5-18(19)25)20(14-9-12(21)3-6-16(14)23)15-10-13(22)4-7-17(15)24/h2-10,20-25H,1H3. The zero-order valence-corrected chi connectivity index (χ0v) is 13.9. The molecule has 0 saturated heterocycles. The summed E-state index contributed by atoms with van der Waals surface area (Å²) in [7, 11) is 1.41. The molecule has 0 heterocycles. The molecule has 0 radical (unpaired) electrons. The van der Waals surface area contributed by atoms with E-state index in [0.717, 1.165) is 0 Å². The van der Waals surface area contributed by atoms with E-state index in [2.05, 4.69) is 0 Å². The van der Waals surface area contributed by atoms with Crippen molar-refractivity contribution >= 4 is 0 Å². The first kappa shape index (κ1) is 17.3. The molecular formula is C20H18O6. The molecule has 134 valence electrons. The normalized spacial score (nSPS) is 10.8. The Bertz CT molecular complexity index is 900. The van der Waals surface area contributed by atoms with Gasteiger partial charge in [-0.3, -0.25) is 0 Å². The van der Waals surface area contributed by atoms with Crippen molar-refractivity contribution in [2.45, 2.75) is 5.92 Å². The van der Waals surface area contributed by atoms with Crippen LogP contribution in [0.3, 0.4) is 0 Å². The molecule has 6 heteroatoms. The number of ether oxygens (including phenoxy) is 1. The van der Waals surface area contributed by atoms with E-state index in [-0.39, 0.29) is 34.5 Å². The van der Waals surface area contributed by atoms with Gasteiger partial charge in [0, 0.05) is 17.0 Å². The van der Waals surface area contributed by atoms with E-state index in [9.17, 15) is 25.5 Å². The minimum absolute atomic E-state index is 0.0599. The van der Waals surface area contributed by atoms with E-state index in [4.69, 9.17) is 4.74 Å². The number of hydrogen-bond donors (Lipinski definition) is 5. The fourth-order valence-electron chi connectivity index (χ4n) is 2.95. The van der Waals surface area contributed by atoms with Gasteiger partial charge in [0.25, 0.3) is 0 Å². The average molecular weight is 354 g/mol. The van der Waals surface area contributed by atoms with E-state index < -0.39 is 5.92 Å². The molecule has 0 atom stereocenters. The Morgan fingerprint density at radius 3 is 1.65 bits per heavy atom. The summed E-state index contributed by atoms with van der Waals surface area (Å²) in [5.41, 5.74) is 1.21. The van der Waals surface area contributed by atoms with Crippen molar-refractivity contribution in [3.63, 3.8) is 0 Å². The third-order valence-electron chi connectivity index (χ3n) is 4.18. The molecule has 0 aliphatic carbocycles. The van der Waals surface area contributed by atoms with Crippen LogP contribution in [-0.4, -0.2) is 32.6 Å². The molecule has 0 saturated carbocycles. The Labute approximate surface area is 149 Å². The second-order valence-electron chi connectivity index (χ2n) is 5.85. The van der Waals surface area contributed by atoms with Gasteiger partial charge in [-0.1, -0.05) is 6.07 Å². The monoisotopic (exact) mass is 354 g/mol. The van der Waals surface area contributed by atoms with Crippen LogP contribution in [0.2, 0.25) is 0 Å². The minimum Gasteiger partial charge on any atom is -0.508 e. The topological polar surface area (TPSA) is 110 Å². The van der Waals surface area contributed by atoms with Crippen LogP contribution >= 0.6 is 0 Å². The lowest BCUT2D eigenvalue weighted by Crippen LogP contribution is -2.05. The van der Waals surface area contributed by atoms with E-state index in [1.807, 2.05) is 0 Å². The van der Waals surface area contributed by atoms with Crippen molar-refractivity contribution in [1.29, 1.82) is 0 Å². The number of hydrogen-bond acceptors (Lipinski definition) is 6. The predicted molar refractivity (Wildman–Crippen MR) is 95.1 cm³/mol. The first-order valence-corrected chi connectivity index (χ1v) is 7.81. The van der Waals surface area contributed by atoms with Gasteiger partial charge in [-0.25, -0.2) is 0 Å². The van der Waals surface area contributed by atoms with E-state index in [0.29, 0.717) is 16.7 Å². The van der Waals surface area contributed by atoms with E-state index in [1.54, 1.807) is 12.1 Å². The first-order valence-electron chi connectivity index (χ1n) is 7.81. The van der Waals surface area contributed by atoms with Gasteiger partial charge in [-0.2, -0.15) is 0 Å². The number of rotatable bonds is 4. The molecule has 3 aromatic carbocycles. The zero-order chi connectivity index (χ0) is 18.8. The molecule has 3 aromatic rings. The molecule has 0 unspecified atom stereocenters. The highest BCUT2D eigenvalue weighted by Gasteiger charge is 2.25. The second-order valence-corrected chi connectivity index (χ2v) is 5.85. The van der Waals surface area contributed by atoms with Gasteiger partial charge < -0.3 is 30.3 Å². The van der Waals surface area contributed by atoms with Gasteiger partial charge in [-0.05, 0) is 54.1 Å². The second kappa shape index (κ2) is 6.76. The van der Waals surface area contributed by atoms with Gasteiger partial charge in [0.15, 0.2) is 11.5 Å². The molecule has 26 heavy (non-hydrogen) atoms. The van der Waals surface area contributed by atoms with Crippen molar-refractivity contribution in [3.05, 3.63) is 71.3 Å². The van der Waals surface area contributed by atoms with Gasteiger partial charge in [-0.15, -0.1) is 0 Å². The number of phenols is 5. The van der Waals surface area contributed by atoms with E-state index in [1.165, 1.54) is 49.6 Å². The Balaban J connectivity index is 2.29. The average Bonchev–Trinajstić information content (AvgIpc) is 2.62. The summed E-state index contributed by atoms with van der Waals surface area (Å²) in [6, 6.07) is 12.7. The molecule has 6 nitrogen and oxygen atoms in total. The highest BCUT2D eigenvalue weighted by Crippen LogP contribution is 2.44. The van der Waals surface area contributed by atoms with Crippen molar-refractivity contribution < 1.29 is 30.3 Å². The van der Waals surface area contributed by atoms with Crippen LogP contribution in [0, 0.1) is 0 Å². The number of aromatic hydroxyl groups is 5. The molecule has 0 spiro atoms. The van der Waals surface area contributed by atoms with Crippen LogP contribution in [0.5, 0.6) is 34.5 Å². The Kier molecular flexibility index (Phi) is 4.49. The summed E-state index contributed by atoms with van der Waals surface area (Å²) in [4.78, 5) is 0. The van der Waals surface area contributed by atoms with Crippen LogP contribution in [-0.2, 0) is 0 Å². The minimum atomic E-state index is -0.733. The fourth-order valence-corrected chi connectivity index (χ4v) is 2.95. The summed E-state index contributed by atoms with van der Waals surface area (Å²) in [6.07, 6.45) is 0. The first-order chi connectivity index (χ1) is 12.4. The molecular weight excluding hydrogens is 336 g/mol.